The number of carbonyl (C=O) groups excluding carboxylic acids is 2. The van der Waals surface area contributed by atoms with Crippen LogP contribution in [-0.2, 0) is 9.59 Å². The SMILES string of the molecule is CCC(=O)NCCCCCNC(=O)CC. The lowest BCUT2D eigenvalue weighted by Crippen LogP contribution is -2.24. The van der Waals surface area contributed by atoms with Gasteiger partial charge in [0.2, 0.25) is 11.8 Å². The van der Waals surface area contributed by atoms with Gasteiger partial charge in [0, 0.05) is 25.9 Å². The van der Waals surface area contributed by atoms with Crippen LogP contribution in [0.4, 0.5) is 0 Å². The first-order chi connectivity index (χ1) is 7.20. The summed E-state index contributed by atoms with van der Waals surface area (Å²) in [6.07, 6.45) is 4.09. The zero-order valence-electron chi connectivity index (χ0n) is 9.77. The minimum Gasteiger partial charge on any atom is -0.356 e. The predicted molar refractivity (Wildman–Crippen MR) is 60.5 cm³/mol. The zero-order valence-corrected chi connectivity index (χ0v) is 9.77. The van der Waals surface area contributed by atoms with Gasteiger partial charge in [0.25, 0.3) is 0 Å². The molecule has 0 unspecified atom stereocenters. The van der Waals surface area contributed by atoms with Gasteiger partial charge in [0.05, 0.1) is 0 Å². The molecule has 0 rings (SSSR count). The van der Waals surface area contributed by atoms with Gasteiger partial charge in [0.1, 0.15) is 0 Å². The van der Waals surface area contributed by atoms with E-state index >= 15 is 0 Å². The smallest absolute Gasteiger partial charge is 0.219 e. The van der Waals surface area contributed by atoms with Gasteiger partial charge >= 0.3 is 0 Å². The Kier molecular flexibility index (Phi) is 8.82. The third-order valence-electron chi connectivity index (χ3n) is 2.14. The quantitative estimate of drug-likeness (QED) is 0.597. The van der Waals surface area contributed by atoms with Crippen molar-refractivity contribution in [2.75, 3.05) is 13.1 Å². The molecule has 4 heteroatoms. The number of rotatable bonds is 8. The van der Waals surface area contributed by atoms with Crippen LogP contribution in [-0.4, -0.2) is 24.9 Å². The molecule has 2 N–H and O–H groups in total. The molecule has 2 amide bonds. The molecule has 0 aromatic heterocycles. The van der Waals surface area contributed by atoms with Crippen LogP contribution in [0.3, 0.4) is 0 Å². The Hall–Kier alpha value is -1.06. The fourth-order valence-electron chi connectivity index (χ4n) is 1.13. The van der Waals surface area contributed by atoms with Crippen LogP contribution in [0.2, 0.25) is 0 Å². The van der Waals surface area contributed by atoms with Crippen LogP contribution in [0.1, 0.15) is 46.0 Å². The van der Waals surface area contributed by atoms with E-state index in [0.717, 1.165) is 32.4 Å². The molecule has 0 aliphatic rings. The molecule has 0 bridgehead atoms. The third kappa shape index (κ3) is 9.25. The first kappa shape index (κ1) is 13.9. The number of carbonyl (C=O) groups is 2. The lowest BCUT2D eigenvalue weighted by molar-refractivity contribution is -0.121. The minimum atomic E-state index is 0.106. The molecule has 0 spiro atoms. The molecule has 0 aromatic rings. The van der Waals surface area contributed by atoms with Gasteiger partial charge < -0.3 is 10.6 Å². The molecule has 0 aliphatic heterocycles. The van der Waals surface area contributed by atoms with Crippen molar-refractivity contribution < 1.29 is 9.59 Å². The van der Waals surface area contributed by atoms with Gasteiger partial charge in [0.15, 0.2) is 0 Å². The molecule has 0 saturated carbocycles. The van der Waals surface area contributed by atoms with Crippen molar-refractivity contribution in [2.24, 2.45) is 0 Å². The molecular weight excluding hydrogens is 192 g/mol. The van der Waals surface area contributed by atoms with Gasteiger partial charge in [-0.25, -0.2) is 0 Å². The molecular formula is C11H22N2O2. The number of hydrogen-bond acceptors (Lipinski definition) is 2. The highest BCUT2D eigenvalue weighted by molar-refractivity contribution is 5.75. The summed E-state index contributed by atoms with van der Waals surface area (Å²) in [6, 6.07) is 0. The third-order valence-corrected chi connectivity index (χ3v) is 2.14. The fraction of sp³-hybridized carbons (Fsp3) is 0.818. The molecule has 15 heavy (non-hydrogen) atoms. The van der Waals surface area contributed by atoms with Crippen LogP contribution >= 0.6 is 0 Å². The van der Waals surface area contributed by atoms with E-state index in [0.29, 0.717) is 12.8 Å². The van der Waals surface area contributed by atoms with E-state index in [1.165, 1.54) is 0 Å². The Bertz CT molecular complexity index is 173. The number of amides is 2. The maximum absolute atomic E-state index is 10.9. The Morgan fingerprint density at radius 3 is 1.53 bits per heavy atom. The van der Waals surface area contributed by atoms with Crippen LogP contribution in [0.5, 0.6) is 0 Å². The van der Waals surface area contributed by atoms with Crippen molar-refractivity contribution >= 4 is 11.8 Å². The molecule has 0 saturated heterocycles. The summed E-state index contributed by atoms with van der Waals surface area (Å²) in [6.45, 7) is 5.17. The summed E-state index contributed by atoms with van der Waals surface area (Å²) in [7, 11) is 0. The van der Waals surface area contributed by atoms with Gasteiger partial charge in [-0.2, -0.15) is 0 Å². The molecule has 88 valence electrons. The summed E-state index contributed by atoms with van der Waals surface area (Å²) in [4.78, 5) is 21.7. The molecule has 0 atom stereocenters. The highest BCUT2D eigenvalue weighted by Crippen LogP contribution is 1.93. The second-order valence-electron chi connectivity index (χ2n) is 3.47. The molecule has 0 aliphatic carbocycles. The van der Waals surface area contributed by atoms with E-state index in [2.05, 4.69) is 10.6 Å². The van der Waals surface area contributed by atoms with Crippen LogP contribution < -0.4 is 10.6 Å². The average Bonchev–Trinajstić information content (AvgIpc) is 2.26. The van der Waals surface area contributed by atoms with Gasteiger partial charge in [-0.3, -0.25) is 9.59 Å². The molecule has 0 aromatic carbocycles. The largest absolute Gasteiger partial charge is 0.356 e. The standard InChI is InChI=1S/C11H22N2O2/c1-3-10(14)12-8-6-5-7-9-13-11(15)4-2/h3-9H2,1-2H3,(H,12,14)(H,13,15). The normalized spacial score (nSPS) is 9.73. The van der Waals surface area contributed by atoms with Crippen LogP contribution in [0.25, 0.3) is 0 Å². The number of nitrogens with one attached hydrogen (secondary N) is 2. The van der Waals surface area contributed by atoms with Crippen molar-refractivity contribution in [1.29, 1.82) is 0 Å². The zero-order chi connectivity index (χ0) is 11.5. The Morgan fingerprint density at radius 1 is 0.800 bits per heavy atom. The van der Waals surface area contributed by atoms with E-state index < -0.39 is 0 Å². The second-order valence-corrected chi connectivity index (χ2v) is 3.47. The fourth-order valence-corrected chi connectivity index (χ4v) is 1.13. The second kappa shape index (κ2) is 9.49. The van der Waals surface area contributed by atoms with Gasteiger partial charge in [-0.15, -0.1) is 0 Å². The highest BCUT2D eigenvalue weighted by Gasteiger charge is 1.96. The van der Waals surface area contributed by atoms with Crippen molar-refractivity contribution in [1.82, 2.24) is 10.6 Å². The van der Waals surface area contributed by atoms with Crippen LogP contribution in [0.15, 0.2) is 0 Å². The monoisotopic (exact) mass is 214 g/mol. The molecule has 0 heterocycles. The minimum absolute atomic E-state index is 0.106. The molecule has 0 radical (unpaired) electrons. The average molecular weight is 214 g/mol. The van der Waals surface area contributed by atoms with Crippen molar-refractivity contribution in [2.45, 2.75) is 46.0 Å². The van der Waals surface area contributed by atoms with Crippen molar-refractivity contribution in [3.05, 3.63) is 0 Å². The summed E-state index contributed by atoms with van der Waals surface area (Å²) in [5.74, 6) is 0.212. The van der Waals surface area contributed by atoms with Crippen molar-refractivity contribution in [3.63, 3.8) is 0 Å². The summed E-state index contributed by atoms with van der Waals surface area (Å²) < 4.78 is 0. The van der Waals surface area contributed by atoms with Crippen LogP contribution in [0, 0.1) is 0 Å². The van der Waals surface area contributed by atoms with E-state index in [9.17, 15) is 9.59 Å². The maximum Gasteiger partial charge on any atom is 0.219 e. The predicted octanol–water partition coefficient (Wildman–Crippen LogP) is 1.21. The van der Waals surface area contributed by atoms with E-state index in [4.69, 9.17) is 0 Å². The van der Waals surface area contributed by atoms with Crippen molar-refractivity contribution in [3.8, 4) is 0 Å². The first-order valence-corrected chi connectivity index (χ1v) is 5.74. The highest BCUT2D eigenvalue weighted by atomic mass is 16.2. The summed E-state index contributed by atoms with van der Waals surface area (Å²) >= 11 is 0. The summed E-state index contributed by atoms with van der Waals surface area (Å²) in [5.41, 5.74) is 0. The Morgan fingerprint density at radius 2 is 1.20 bits per heavy atom. The topological polar surface area (TPSA) is 58.2 Å². The first-order valence-electron chi connectivity index (χ1n) is 5.74. The Labute approximate surface area is 91.8 Å². The lowest BCUT2D eigenvalue weighted by atomic mass is 10.2. The van der Waals surface area contributed by atoms with E-state index in [1.54, 1.807) is 0 Å². The van der Waals surface area contributed by atoms with E-state index in [-0.39, 0.29) is 11.8 Å². The molecule has 4 nitrogen and oxygen atoms in total. The summed E-state index contributed by atoms with van der Waals surface area (Å²) in [5, 5.41) is 5.63. The lowest BCUT2D eigenvalue weighted by Gasteiger charge is -2.04. The van der Waals surface area contributed by atoms with E-state index in [1.807, 2.05) is 13.8 Å². The van der Waals surface area contributed by atoms with Gasteiger partial charge in [-0.1, -0.05) is 13.8 Å². The Balaban J connectivity index is 3.11. The maximum atomic E-state index is 10.9. The molecule has 0 fully saturated rings. The van der Waals surface area contributed by atoms with Gasteiger partial charge in [-0.05, 0) is 19.3 Å². The number of hydrogen-bond donors (Lipinski definition) is 2. The number of unbranched alkanes of at least 4 members (excludes halogenated alkanes) is 2.